The standard InChI is InChI=1S/C23H36O5/c1-5-6-7-8-9-11-18(24)28-17-14-16-15-27-20(25)23(16,26)22(4)13-10-12-21(2,3)19(17)22/h14,17,19,26H,5-13,15H2,1-4H3/t17-,19+,22+,23+/m1/s1. The molecule has 4 atom stereocenters. The van der Waals surface area contributed by atoms with Gasteiger partial charge < -0.3 is 14.6 Å². The molecule has 2 aliphatic carbocycles. The SMILES string of the molecule is CCCCCCCC(=O)O[C@@H]1C=C2COC(=O)[C@]2(O)[C@@]2(C)CCCC(C)(C)[C@H]12. The van der Waals surface area contributed by atoms with Crippen LogP contribution in [0.3, 0.4) is 0 Å². The van der Waals surface area contributed by atoms with E-state index in [1.165, 1.54) is 12.8 Å². The van der Waals surface area contributed by atoms with Gasteiger partial charge in [-0.1, -0.05) is 59.8 Å². The zero-order valence-electron chi connectivity index (χ0n) is 17.9. The molecule has 5 nitrogen and oxygen atoms in total. The average molecular weight is 393 g/mol. The predicted molar refractivity (Wildman–Crippen MR) is 106 cm³/mol. The highest BCUT2D eigenvalue weighted by Crippen LogP contribution is 2.63. The molecule has 0 aromatic rings. The normalized spacial score (nSPS) is 36.2. The molecule has 0 radical (unpaired) electrons. The summed E-state index contributed by atoms with van der Waals surface area (Å²) in [5.74, 6) is -0.861. The van der Waals surface area contributed by atoms with Gasteiger partial charge in [0.15, 0.2) is 5.60 Å². The lowest BCUT2D eigenvalue weighted by Crippen LogP contribution is -2.65. The molecular formula is C23H36O5. The van der Waals surface area contributed by atoms with Crippen molar-refractivity contribution >= 4 is 11.9 Å². The van der Waals surface area contributed by atoms with Crippen molar-refractivity contribution in [1.82, 2.24) is 0 Å². The van der Waals surface area contributed by atoms with Gasteiger partial charge in [-0.2, -0.15) is 0 Å². The molecular weight excluding hydrogens is 356 g/mol. The van der Waals surface area contributed by atoms with E-state index in [0.29, 0.717) is 12.0 Å². The number of rotatable bonds is 7. The van der Waals surface area contributed by atoms with E-state index in [0.717, 1.165) is 38.5 Å². The number of esters is 2. The number of hydrogen-bond donors (Lipinski definition) is 1. The Kier molecular flexibility index (Phi) is 5.96. The maximum absolute atomic E-state index is 12.6. The summed E-state index contributed by atoms with van der Waals surface area (Å²) in [7, 11) is 0. The Hall–Kier alpha value is -1.36. The quantitative estimate of drug-likeness (QED) is 0.397. The van der Waals surface area contributed by atoms with Gasteiger partial charge in [-0.25, -0.2) is 4.79 Å². The number of aliphatic hydroxyl groups is 1. The lowest BCUT2D eigenvalue weighted by atomic mass is 9.46. The topological polar surface area (TPSA) is 72.8 Å². The van der Waals surface area contributed by atoms with E-state index in [1.54, 1.807) is 6.08 Å². The molecule has 3 aliphatic rings. The summed E-state index contributed by atoms with van der Waals surface area (Å²) < 4.78 is 11.2. The molecule has 1 N–H and O–H groups in total. The maximum Gasteiger partial charge on any atom is 0.343 e. The van der Waals surface area contributed by atoms with E-state index < -0.39 is 23.1 Å². The fraction of sp³-hybridized carbons (Fsp3) is 0.826. The van der Waals surface area contributed by atoms with Crippen molar-refractivity contribution in [1.29, 1.82) is 0 Å². The minimum Gasteiger partial charge on any atom is -0.459 e. The van der Waals surface area contributed by atoms with Gasteiger partial charge in [0.1, 0.15) is 12.7 Å². The van der Waals surface area contributed by atoms with Crippen LogP contribution in [-0.2, 0) is 19.1 Å². The van der Waals surface area contributed by atoms with E-state index in [-0.39, 0.29) is 23.9 Å². The van der Waals surface area contributed by atoms with Crippen molar-refractivity contribution in [2.45, 2.75) is 97.2 Å². The summed E-state index contributed by atoms with van der Waals surface area (Å²) in [4.78, 5) is 25.1. The van der Waals surface area contributed by atoms with Gasteiger partial charge >= 0.3 is 11.9 Å². The van der Waals surface area contributed by atoms with E-state index >= 15 is 0 Å². The smallest absolute Gasteiger partial charge is 0.343 e. The second-order valence-electron chi connectivity index (χ2n) is 9.83. The van der Waals surface area contributed by atoms with Crippen LogP contribution in [0.4, 0.5) is 0 Å². The molecule has 0 aromatic carbocycles. The van der Waals surface area contributed by atoms with Crippen molar-refractivity contribution in [3.63, 3.8) is 0 Å². The summed E-state index contributed by atoms with van der Waals surface area (Å²) in [6, 6.07) is 0. The van der Waals surface area contributed by atoms with Crippen LogP contribution in [0.5, 0.6) is 0 Å². The third-order valence-electron chi connectivity index (χ3n) is 7.44. The monoisotopic (exact) mass is 392 g/mol. The molecule has 1 saturated heterocycles. The predicted octanol–water partition coefficient (Wildman–Crippen LogP) is 4.32. The van der Waals surface area contributed by atoms with E-state index in [2.05, 4.69) is 20.8 Å². The molecule has 0 unspecified atom stereocenters. The summed E-state index contributed by atoms with van der Waals surface area (Å²) in [6.07, 6.45) is 9.85. The van der Waals surface area contributed by atoms with Crippen molar-refractivity contribution < 1.29 is 24.2 Å². The Balaban J connectivity index is 1.81. The van der Waals surface area contributed by atoms with Gasteiger partial charge in [-0.15, -0.1) is 0 Å². The van der Waals surface area contributed by atoms with Crippen LogP contribution in [0.2, 0.25) is 0 Å². The van der Waals surface area contributed by atoms with Crippen LogP contribution < -0.4 is 0 Å². The van der Waals surface area contributed by atoms with Gasteiger partial charge in [0.05, 0.1) is 0 Å². The first-order valence-corrected chi connectivity index (χ1v) is 11.0. The number of hydrogen-bond acceptors (Lipinski definition) is 5. The second-order valence-corrected chi connectivity index (χ2v) is 9.83. The van der Waals surface area contributed by atoms with Gasteiger partial charge in [-0.3, -0.25) is 4.79 Å². The Morgan fingerprint density at radius 1 is 1.21 bits per heavy atom. The number of carbonyl (C=O) groups is 2. The third-order valence-corrected chi connectivity index (χ3v) is 7.44. The molecule has 0 bridgehead atoms. The van der Waals surface area contributed by atoms with Crippen LogP contribution in [0, 0.1) is 16.7 Å². The van der Waals surface area contributed by atoms with Gasteiger partial charge in [-0.05, 0) is 30.8 Å². The summed E-state index contributed by atoms with van der Waals surface area (Å²) in [6.45, 7) is 8.55. The minimum absolute atomic E-state index is 0.0864. The van der Waals surface area contributed by atoms with Gasteiger partial charge in [0, 0.05) is 23.3 Å². The van der Waals surface area contributed by atoms with Crippen LogP contribution in [0.15, 0.2) is 11.6 Å². The number of ether oxygens (including phenoxy) is 2. The van der Waals surface area contributed by atoms with E-state index in [4.69, 9.17) is 9.47 Å². The molecule has 3 rings (SSSR count). The number of unbranched alkanes of at least 4 members (excludes halogenated alkanes) is 4. The molecule has 5 heteroatoms. The van der Waals surface area contributed by atoms with Crippen molar-refractivity contribution in [2.75, 3.05) is 6.61 Å². The molecule has 1 saturated carbocycles. The number of carbonyl (C=O) groups excluding carboxylic acids is 2. The Morgan fingerprint density at radius 3 is 2.64 bits per heavy atom. The van der Waals surface area contributed by atoms with Gasteiger partial charge in [0.2, 0.25) is 0 Å². The molecule has 0 amide bonds. The number of cyclic esters (lactones) is 1. The molecule has 0 aromatic heterocycles. The fourth-order valence-corrected chi connectivity index (χ4v) is 6.03. The average Bonchev–Trinajstić information content (AvgIpc) is 2.90. The Bertz CT molecular complexity index is 651. The van der Waals surface area contributed by atoms with Crippen molar-refractivity contribution in [3.8, 4) is 0 Å². The van der Waals surface area contributed by atoms with E-state index in [1.807, 2.05) is 6.92 Å². The summed E-state index contributed by atoms with van der Waals surface area (Å²) in [5, 5.41) is 11.5. The summed E-state index contributed by atoms with van der Waals surface area (Å²) >= 11 is 0. The molecule has 2 fully saturated rings. The Labute approximate surface area is 168 Å². The van der Waals surface area contributed by atoms with Crippen LogP contribution in [0.25, 0.3) is 0 Å². The highest BCUT2D eigenvalue weighted by Gasteiger charge is 2.69. The van der Waals surface area contributed by atoms with Crippen molar-refractivity contribution in [2.24, 2.45) is 16.7 Å². The minimum atomic E-state index is -1.60. The second kappa shape index (κ2) is 7.81. The molecule has 158 valence electrons. The lowest BCUT2D eigenvalue weighted by Gasteiger charge is -2.59. The highest BCUT2D eigenvalue weighted by atomic mass is 16.6. The zero-order chi connectivity index (χ0) is 20.6. The maximum atomic E-state index is 12.6. The molecule has 1 aliphatic heterocycles. The Morgan fingerprint density at radius 2 is 1.93 bits per heavy atom. The third kappa shape index (κ3) is 3.40. The molecule has 1 heterocycles. The summed E-state index contributed by atoms with van der Waals surface area (Å²) in [5.41, 5.74) is -1.88. The molecule has 0 spiro atoms. The van der Waals surface area contributed by atoms with Crippen LogP contribution >= 0.6 is 0 Å². The number of fused-ring (bicyclic) bond motifs is 3. The fourth-order valence-electron chi connectivity index (χ4n) is 6.03. The van der Waals surface area contributed by atoms with Gasteiger partial charge in [0.25, 0.3) is 0 Å². The zero-order valence-corrected chi connectivity index (χ0v) is 17.9. The first kappa shape index (κ1) is 21.4. The first-order valence-electron chi connectivity index (χ1n) is 11.0. The lowest BCUT2D eigenvalue weighted by molar-refractivity contribution is -0.196. The first-order chi connectivity index (χ1) is 13.2. The highest BCUT2D eigenvalue weighted by molar-refractivity contribution is 5.88. The largest absolute Gasteiger partial charge is 0.459 e. The molecule has 28 heavy (non-hydrogen) atoms. The van der Waals surface area contributed by atoms with Crippen LogP contribution in [0.1, 0.15) is 85.5 Å². The van der Waals surface area contributed by atoms with Crippen molar-refractivity contribution in [3.05, 3.63) is 11.6 Å². The van der Waals surface area contributed by atoms with E-state index in [9.17, 15) is 14.7 Å². The van der Waals surface area contributed by atoms with Crippen LogP contribution in [-0.4, -0.2) is 35.4 Å².